The number of ether oxygens (including phenoxy) is 4. The molecule has 2 heterocycles. The fraction of sp³-hybridized carbons (Fsp3) is 0.821. The number of hydrogen-bond acceptors (Lipinski definition) is 9. The van der Waals surface area contributed by atoms with E-state index < -0.39 is 107 Å². The average molecular weight is 772 g/mol. The molecule has 1 aromatic rings. The van der Waals surface area contributed by atoms with Gasteiger partial charge in [0.1, 0.15) is 6.33 Å². The Morgan fingerprint density at radius 3 is 1.43 bits per heavy atom. The third kappa shape index (κ3) is 8.01. The van der Waals surface area contributed by atoms with Crippen molar-refractivity contribution in [2.75, 3.05) is 6.61 Å². The number of halogens is 13. The summed E-state index contributed by atoms with van der Waals surface area (Å²) in [6, 6.07) is 0. The van der Waals surface area contributed by atoms with Gasteiger partial charge in [-0.05, 0) is 62.3 Å². The smallest absolute Gasteiger partial charge is 0.455 e. The van der Waals surface area contributed by atoms with Crippen LogP contribution >= 0.6 is 0 Å². The molecule has 1 fully saturated rings. The molecular formula is C28H34F13N3O7. The third-order valence-electron chi connectivity index (χ3n) is 6.97. The molecule has 0 radical (unpaired) electrons. The number of alkyl halides is 13. The minimum absolute atomic E-state index is 0.00660. The fourth-order valence-corrected chi connectivity index (χ4v) is 3.72. The van der Waals surface area contributed by atoms with E-state index in [1.54, 1.807) is 0 Å². The normalized spacial score (nSPS) is 22.0. The molecule has 10 nitrogen and oxygen atoms in total. The van der Waals surface area contributed by atoms with Crippen LogP contribution in [0.1, 0.15) is 74.4 Å². The Balaban J connectivity index is 2.73. The molecule has 23 heteroatoms. The quantitative estimate of drug-likeness (QED) is 0.151. The minimum Gasteiger partial charge on any atom is -0.455 e. The summed E-state index contributed by atoms with van der Waals surface area (Å²) in [6.07, 6.45) is -15.5. The van der Waals surface area contributed by atoms with E-state index in [-0.39, 0.29) is 11.0 Å². The first kappa shape index (κ1) is 43.8. The molecule has 51 heavy (non-hydrogen) atoms. The van der Waals surface area contributed by atoms with Gasteiger partial charge in [0, 0.05) is 0 Å². The van der Waals surface area contributed by atoms with Crippen LogP contribution in [0.2, 0.25) is 0 Å². The van der Waals surface area contributed by atoms with Crippen LogP contribution in [0.25, 0.3) is 0 Å². The Kier molecular flexibility index (Phi) is 11.3. The van der Waals surface area contributed by atoms with E-state index in [2.05, 4.69) is 10.1 Å². The van der Waals surface area contributed by atoms with Crippen LogP contribution in [0.5, 0.6) is 0 Å². The van der Waals surface area contributed by atoms with Crippen molar-refractivity contribution >= 4 is 17.9 Å². The van der Waals surface area contributed by atoms with E-state index in [0.717, 1.165) is 0 Å². The van der Waals surface area contributed by atoms with Gasteiger partial charge in [-0.3, -0.25) is 14.4 Å². The minimum atomic E-state index is -8.16. The predicted octanol–water partition coefficient (Wildman–Crippen LogP) is 6.88. The second kappa shape index (κ2) is 13.2. The van der Waals surface area contributed by atoms with Crippen LogP contribution in [-0.4, -0.2) is 87.5 Å². The highest BCUT2D eigenvalue weighted by Gasteiger charge is 2.91. The second-order valence-corrected chi connectivity index (χ2v) is 14.6. The Morgan fingerprint density at radius 1 is 0.627 bits per heavy atom. The highest BCUT2D eigenvalue weighted by atomic mass is 19.4. The van der Waals surface area contributed by atoms with E-state index in [4.69, 9.17) is 18.9 Å². The van der Waals surface area contributed by atoms with Gasteiger partial charge in [0.25, 0.3) is 0 Å². The molecule has 1 saturated heterocycles. The molecule has 0 spiro atoms. The lowest BCUT2D eigenvalue weighted by Gasteiger charge is -2.42. The van der Waals surface area contributed by atoms with E-state index in [9.17, 15) is 71.5 Å². The van der Waals surface area contributed by atoms with Gasteiger partial charge >= 0.3 is 53.7 Å². The molecule has 1 aliphatic rings. The highest BCUT2D eigenvalue weighted by Crippen LogP contribution is 2.61. The number of esters is 3. The first-order valence-corrected chi connectivity index (χ1v) is 14.5. The lowest BCUT2D eigenvalue weighted by atomic mass is 9.93. The van der Waals surface area contributed by atoms with E-state index in [0.29, 0.717) is 0 Å². The Hall–Kier alpha value is -3.40. The molecule has 294 valence electrons. The van der Waals surface area contributed by atoms with Crippen LogP contribution in [0.3, 0.4) is 0 Å². The van der Waals surface area contributed by atoms with Gasteiger partial charge in [-0.25, -0.2) is 9.67 Å². The Labute approximate surface area is 281 Å². The molecule has 0 amide bonds. The predicted molar refractivity (Wildman–Crippen MR) is 143 cm³/mol. The van der Waals surface area contributed by atoms with Crippen LogP contribution in [-0.2, 0) is 39.3 Å². The van der Waals surface area contributed by atoms with E-state index in [1.807, 2.05) is 0 Å². The van der Waals surface area contributed by atoms with Crippen LogP contribution < -0.4 is 0 Å². The van der Waals surface area contributed by atoms with Crippen molar-refractivity contribution in [3.05, 3.63) is 12.2 Å². The Bertz CT molecular complexity index is 1460. The first-order valence-electron chi connectivity index (χ1n) is 14.5. The number of carbonyl (C=O) groups excluding carboxylic acids is 3. The summed E-state index contributed by atoms with van der Waals surface area (Å²) in [6.45, 7) is 11.3. The summed E-state index contributed by atoms with van der Waals surface area (Å²) < 4.78 is 200. The second-order valence-electron chi connectivity index (χ2n) is 14.6. The molecule has 0 aromatic carbocycles. The average Bonchev–Trinajstić information content (AvgIpc) is 3.43. The molecule has 0 saturated carbocycles. The summed E-state index contributed by atoms with van der Waals surface area (Å²) in [7, 11) is 0. The number of nitrogens with zero attached hydrogens (tertiary/aromatic N) is 3. The van der Waals surface area contributed by atoms with Crippen molar-refractivity contribution in [2.45, 2.75) is 123 Å². The SMILES string of the molecule is CC(C)(C)C(=O)O[C@@H]1[C@@H](OC(=O)C(C)(C)C)[C@H](OC(=O)C(C)(C)C)CO[C@H]1n1cnc(C(F)(F)C(F)(F)C(F)(F)C(F)(F)C(F)(F)C(F)(F)F)n1. The maximum Gasteiger partial charge on any atom is 0.460 e. The summed E-state index contributed by atoms with van der Waals surface area (Å²) in [5, 5.41) is 2.81. The Morgan fingerprint density at radius 2 is 1.02 bits per heavy atom. The molecule has 1 aromatic heterocycles. The lowest BCUT2D eigenvalue weighted by molar-refractivity contribution is -0.442. The fourth-order valence-electron chi connectivity index (χ4n) is 3.72. The van der Waals surface area contributed by atoms with Gasteiger partial charge in [-0.2, -0.15) is 57.1 Å². The molecule has 1 aliphatic heterocycles. The summed E-state index contributed by atoms with van der Waals surface area (Å²) in [5.74, 6) is -44.7. The highest BCUT2D eigenvalue weighted by molar-refractivity contribution is 5.77. The van der Waals surface area contributed by atoms with Crippen molar-refractivity contribution in [1.82, 2.24) is 14.8 Å². The standard InChI is InChI=1S/C28H34F13N3O7/c1-20(2,3)17(45)49-12-10-48-15(14(51-19(47)22(7,8)9)13(12)50-18(46)21(4,5)6)44-11-42-16(43-44)23(29,30)24(31,32)25(33,34)26(35,36)27(37,38)28(39,40)41/h11-15H,10H2,1-9H3/t12-,13+,14-,15-/m1/s1. The van der Waals surface area contributed by atoms with Crippen LogP contribution in [0.4, 0.5) is 57.1 Å². The number of rotatable bonds is 9. The molecule has 0 unspecified atom stereocenters. The van der Waals surface area contributed by atoms with Crippen molar-refractivity contribution in [2.24, 2.45) is 16.2 Å². The van der Waals surface area contributed by atoms with Crippen molar-refractivity contribution in [1.29, 1.82) is 0 Å². The zero-order chi connectivity index (χ0) is 40.4. The number of hydrogen-bond donors (Lipinski definition) is 0. The molecule has 0 bridgehead atoms. The topological polar surface area (TPSA) is 119 Å². The summed E-state index contributed by atoms with van der Waals surface area (Å²) in [5.41, 5.74) is -3.95. The summed E-state index contributed by atoms with van der Waals surface area (Å²) in [4.78, 5) is 41.3. The molecule has 0 aliphatic carbocycles. The van der Waals surface area contributed by atoms with E-state index >= 15 is 0 Å². The van der Waals surface area contributed by atoms with Crippen LogP contribution in [0.15, 0.2) is 6.33 Å². The number of aromatic nitrogens is 3. The maximum atomic E-state index is 14.9. The molecular weight excluding hydrogens is 737 g/mol. The van der Waals surface area contributed by atoms with Gasteiger partial charge in [0.2, 0.25) is 5.82 Å². The molecule has 0 N–H and O–H groups in total. The van der Waals surface area contributed by atoms with Crippen molar-refractivity contribution in [3.8, 4) is 0 Å². The van der Waals surface area contributed by atoms with Gasteiger partial charge in [-0.15, -0.1) is 5.10 Å². The first-order chi connectivity index (χ1) is 22.4. The zero-order valence-corrected chi connectivity index (χ0v) is 28.2. The molecule has 4 atom stereocenters. The van der Waals surface area contributed by atoms with Gasteiger partial charge < -0.3 is 18.9 Å². The van der Waals surface area contributed by atoms with Crippen molar-refractivity contribution < 1.29 is 90.4 Å². The zero-order valence-electron chi connectivity index (χ0n) is 28.2. The van der Waals surface area contributed by atoms with Gasteiger partial charge in [-0.1, -0.05) is 0 Å². The molecule has 2 rings (SSSR count). The summed E-state index contributed by atoms with van der Waals surface area (Å²) >= 11 is 0. The van der Waals surface area contributed by atoms with Crippen LogP contribution in [0, 0.1) is 16.2 Å². The maximum absolute atomic E-state index is 14.9. The van der Waals surface area contributed by atoms with Gasteiger partial charge in [0.05, 0.1) is 22.9 Å². The van der Waals surface area contributed by atoms with Gasteiger partial charge in [0.15, 0.2) is 24.5 Å². The largest absolute Gasteiger partial charge is 0.460 e. The third-order valence-corrected chi connectivity index (χ3v) is 6.97. The number of carbonyl (C=O) groups is 3. The lowest BCUT2D eigenvalue weighted by Crippen LogP contribution is -2.69. The monoisotopic (exact) mass is 771 g/mol. The van der Waals surface area contributed by atoms with Crippen molar-refractivity contribution in [3.63, 3.8) is 0 Å². The van der Waals surface area contributed by atoms with E-state index in [1.165, 1.54) is 62.3 Å².